The summed E-state index contributed by atoms with van der Waals surface area (Å²) in [5.74, 6) is -0.540. The highest BCUT2D eigenvalue weighted by Gasteiger charge is 2.21. The molecule has 0 aliphatic rings. The number of non-ortho nitro benzene ring substituents is 1. The third-order valence-corrected chi connectivity index (χ3v) is 3.51. The minimum absolute atomic E-state index is 0.0406. The van der Waals surface area contributed by atoms with Crippen LogP contribution in [0.2, 0.25) is 0 Å². The molecule has 1 atom stereocenters. The Morgan fingerprint density at radius 1 is 1.15 bits per heavy atom. The summed E-state index contributed by atoms with van der Waals surface area (Å²) in [5.41, 5.74) is 0.540. The number of hydrogen-bond donors (Lipinski definition) is 1. The Morgan fingerprint density at radius 2 is 1.81 bits per heavy atom. The fourth-order valence-corrected chi connectivity index (χ4v) is 2.07. The van der Waals surface area contributed by atoms with E-state index >= 15 is 0 Å². The zero-order valence-corrected chi connectivity index (χ0v) is 14.7. The highest BCUT2D eigenvalue weighted by atomic mass is 16.6. The lowest BCUT2D eigenvalue weighted by atomic mass is 10.1. The molecule has 1 aromatic carbocycles. The highest BCUT2D eigenvalue weighted by molar-refractivity contribution is 5.90. The molecule has 1 heterocycles. The van der Waals surface area contributed by atoms with Gasteiger partial charge in [0.2, 0.25) is 5.76 Å². The summed E-state index contributed by atoms with van der Waals surface area (Å²) in [6, 6.07) is 8.72. The Hall–Kier alpha value is -3.16. The molecule has 0 aliphatic carbocycles. The molecule has 0 radical (unpaired) electrons. The third kappa shape index (κ3) is 4.92. The van der Waals surface area contributed by atoms with Crippen molar-refractivity contribution in [1.82, 2.24) is 5.32 Å². The second-order valence-electron chi connectivity index (χ2n) is 6.15. The standard InChI is InChI=1S/C18H20N2O6/c1-11(2)10-19-17(21)12(3)25-18(22)16-9-8-15(26-16)13-4-6-14(7-5-13)20(23)24/h4-9,11-12H,10H2,1-3H3,(H,19,21)/t12-/m0/s1. The number of hydrogen-bond acceptors (Lipinski definition) is 6. The van der Waals surface area contributed by atoms with E-state index in [4.69, 9.17) is 9.15 Å². The summed E-state index contributed by atoms with van der Waals surface area (Å²) in [7, 11) is 0. The van der Waals surface area contributed by atoms with Crippen LogP contribution in [0.1, 0.15) is 31.3 Å². The Kier molecular flexibility index (Phi) is 6.11. The molecule has 1 aromatic heterocycles. The van der Waals surface area contributed by atoms with Crippen molar-refractivity contribution in [2.75, 3.05) is 6.54 Å². The molecule has 0 saturated heterocycles. The van der Waals surface area contributed by atoms with E-state index in [0.29, 0.717) is 17.9 Å². The lowest BCUT2D eigenvalue weighted by Gasteiger charge is -2.13. The number of carbonyl (C=O) groups is 2. The average Bonchev–Trinajstić information content (AvgIpc) is 3.09. The number of nitrogens with one attached hydrogen (secondary N) is 1. The average molecular weight is 360 g/mol. The Balaban J connectivity index is 2.01. The van der Waals surface area contributed by atoms with Gasteiger partial charge in [-0.15, -0.1) is 0 Å². The first-order valence-electron chi connectivity index (χ1n) is 8.11. The number of esters is 1. The van der Waals surface area contributed by atoms with E-state index in [1.165, 1.54) is 37.3 Å². The maximum Gasteiger partial charge on any atom is 0.375 e. The van der Waals surface area contributed by atoms with Gasteiger partial charge in [0, 0.05) is 24.2 Å². The number of carbonyl (C=O) groups excluding carboxylic acids is 2. The molecule has 2 aromatic rings. The van der Waals surface area contributed by atoms with Crippen LogP contribution in [0.25, 0.3) is 11.3 Å². The van der Waals surface area contributed by atoms with Crippen molar-refractivity contribution >= 4 is 17.6 Å². The number of nitro groups is 1. The number of benzene rings is 1. The van der Waals surface area contributed by atoms with Gasteiger partial charge in [-0.3, -0.25) is 14.9 Å². The smallest absolute Gasteiger partial charge is 0.375 e. The van der Waals surface area contributed by atoms with Gasteiger partial charge in [0.05, 0.1) is 4.92 Å². The van der Waals surface area contributed by atoms with Crippen LogP contribution < -0.4 is 5.32 Å². The molecule has 0 bridgehead atoms. The third-order valence-electron chi connectivity index (χ3n) is 3.51. The summed E-state index contributed by atoms with van der Waals surface area (Å²) in [4.78, 5) is 34.1. The maximum absolute atomic E-state index is 12.1. The molecule has 138 valence electrons. The number of rotatable bonds is 7. The monoisotopic (exact) mass is 360 g/mol. The minimum atomic E-state index is -0.950. The number of nitro benzene ring substituents is 1. The van der Waals surface area contributed by atoms with Crippen LogP contribution in [0, 0.1) is 16.0 Å². The first-order chi connectivity index (χ1) is 12.3. The molecule has 2 rings (SSSR count). The Labute approximate surface area is 150 Å². The number of nitrogens with zero attached hydrogens (tertiary/aromatic N) is 1. The molecule has 0 unspecified atom stereocenters. The molecule has 1 amide bonds. The van der Waals surface area contributed by atoms with Crippen LogP contribution in [0.4, 0.5) is 5.69 Å². The van der Waals surface area contributed by atoms with Crippen molar-refractivity contribution in [2.45, 2.75) is 26.9 Å². The van der Waals surface area contributed by atoms with E-state index in [2.05, 4.69) is 5.32 Å². The normalized spacial score (nSPS) is 11.8. The minimum Gasteiger partial charge on any atom is -0.449 e. The summed E-state index contributed by atoms with van der Waals surface area (Å²) < 4.78 is 10.5. The van der Waals surface area contributed by atoms with E-state index in [1.807, 2.05) is 13.8 Å². The van der Waals surface area contributed by atoms with Crippen LogP contribution in [0.5, 0.6) is 0 Å². The maximum atomic E-state index is 12.1. The molecular weight excluding hydrogens is 340 g/mol. The SMILES string of the molecule is CC(C)CNC(=O)[C@H](C)OC(=O)c1ccc(-c2ccc([N+](=O)[O-])cc2)o1. The fourth-order valence-electron chi connectivity index (χ4n) is 2.07. The van der Waals surface area contributed by atoms with E-state index in [9.17, 15) is 19.7 Å². The van der Waals surface area contributed by atoms with Crippen molar-refractivity contribution in [3.8, 4) is 11.3 Å². The van der Waals surface area contributed by atoms with Crippen LogP contribution in [0.3, 0.4) is 0 Å². The fraction of sp³-hybridized carbons (Fsp3) is 0.333. The van der Waals surface area contributed by atoms with E-state index < -0.39 is 17.0 Å². The van der Waals surface area contributed by atoms with Crippen molar-refractivity contribution in [3.05, 3.63) is 52.3 Å². The second-order valence-corrected chi connectivity index (χ2v) is 6.15. The predicted molar refractivity (Wildman–Crippen MR) is 93.5 cm³/mol. The molecule has 0 aliphatic heterocycles. The molecule has 1 N–H and O–H groups in total. The van der Waals surface area contributed by atoms with Crippen LogP contribution in [0.15, 0.2) is 40.8 Å². The summed E-state index contributed by atoms with van der Waals surface area (Å²) >= 11 is 0. The van der Waals surface area contributed by atoms with Gasteiger partial charge in [0.25, 0.3) is 11.6 Å². The van der Waals surface area contributed by atoms with Crippen molar-refractivity contribution in [2.24, 2.45) is 5.92 Å². The van der Waals surface area contributed by atoms with E-state index in [1.54, 1.807) is 6.07 Å². The molecule has 8 nitrogen and oxygen atoms in total. The van der Waals surface area contributed by atoms with Crippen LogP contribution >= 0.6 is 0 Å². The van der Waals surface area contributed by atoms with Crippen LogP contribution in [-0.2, 0) is 9.53 Å². The second kappa shape index (κ2) is 8.28. The van der Waals surface area contributed by atoms with Gasteiger partial charge in [-0.2, -0.15) is 0 Å². The quantitative estimate of drug-likeness (QED) is 0.461. The van der Waals surface area contributed by atoms with Gasteiger partial charge < -0.3 is 14.5 Å². The van der Waals surface area contributed by atoms with Gasteiger partial charge in [0.15, 0.2) is 6.10 Å². The number of furan rings is 1. The number of ether oxygens (including phenoxy) is 1. The lowest BCUT2D eigenvalue weighted by molar-refractivity contribution is -0.384. The van der Waals surface area contributed by atoms with Gasteiger partial charge in [-0.25, -0.2) is 4.79 Å². The van der Waals surface area contributed by atoms with Crippen molar-refractivity contribution in [3.63, 3.8) is 0 Å². The van der Waals surface area contributed by atoms with Crippen molar-refractivity contribution in [1.29, 1.82) is 0 Å². The first-order valence-corrected chi connectivity index (χ1v) is 8.11. The Bertz CT molecular complexity index is 794. The zero-order valence-electron chi connectivity index (χ0n) is 14.7. The molecule has 8 heteroatoms. The summed E-state index contributed by atoms with van der Waals surface area (Å²) in [6.45, 7) is 5.89. The van der Waals surface area contributed by atoms with E-state index in [-0.39, 0.29) is 23.3 Å². The highest BCUT2D eigenvalue weighted by Crippen LogP contribution is 2.25. The van der Waals surface area contributed by atoms with Gasteiger partial charge >= 0.3 is 5.97 Å². The Morgan fingerprint density at radius 3 is 2.38 bits per heavy atom. The number of amides is 1. The predicted octanol–water partition coefficient (Wildman–Crippen LogP) is 3.17. The largest absolute Gasteiger partial charge is 0.449 e. The van der Waals surface area contributed by atoms with Gasteiger partial charge in [-0.05, 0) is 37.1 Å². The zero-order chi connectivity index (χ0) is 19.3. The van der Waals surface area contributed by atoms with Gasteiger partial charge in [-0.1, -0.05) is 13.8 Å². The van der Waals surface area contributed by atoms with Gasteiger partial charge in [0.1, 0.15) is 5.76 Å². The molecule has 0 fully saturated rings. The summed E-state index contributed by atoms with van der Waals surface area (Å²) in [6.07, 6.45) is -0.950. The molecule has 0 saturated carbocycles. The molecular formula is C18H20N2O6. The summed E-state index contributed by atoms with van der Waals surface area (Å²) in [5, 5.41) is 13.4. The van der Waals surface area contributed by atoms with E-state index in [0.717, 1.165) is 0 Å². The topological polar surface area (TPSA) is 112 Å². The van der Waals surface area contributed by atoms with Crippen LogP contribution in [-0.4, -0.2) is 29.4 Å². The molecule has 0 spiro atoms. The van der Waals surface area contributed by atoms with Crippen molar-refractivity contribution < 1.29 is 23.7 Å². The lowest BCUT2D eigenvalue weighted by Crippen LogP contribution is -2.37. The first kappa shape index (κ1) is 19.2. The molecule has 26 heavy (non-hydrogen) atoms.